The van der Waals surface area contributed by atoms with Gasteiger partial charge in [-0.05, 0) is 55.2 Å². The Bertz CT molecular complexity index is 967. The smallest absolute Gasteiger partial charge is 0.261 e. The Morgan fingerprint density at radius 3 is 2.59 bits per heavy atom. The van der Waals surface area contributed by atoms with Crippen molar-refractivity contribution in [3.63, 3.8) is 0 Å². The second kappa shape index (κ2) is 7.20. The van der Waals surface area contributed by atoms with Crippen LogP contribution >= 0.6 is 11.8 Å². The van der Waals surface area contributed by atoms with Crippen molar-refractivity contribution in [2.75, 3.05) is 21.9 Å². The fraction of sp³-hybridized carbons (Fsp3) is 0.350. The van der Waals surface area contributed by atoms with E-state index in [0.29, 0.717) is 17.9 Å². The van der Waals surface area contributed by atoms with Crippen LogP contribution in [-0.2, 0) is 21.2 Å². The average Bonchev–Trinajstić information content (AvgIpc) is 3.52. The van der Waals surface area contributed by atoms with Crippen LogP contribution in [0.25, 0.3) is 0 Å². The predicted octanol–water partition coefficient (Wildman–Crippen LogP) is 3.90. The molecule has 142 valence electrons. The lowest BCUT2D eigenvalue weighted by Crippen LogP contribution is -2.36. The third-order valence-corrected chi connectivity index (χ3v) is 7.33. The molecule has 5 nitrogen and oxygen atoms in total. The number of aryl methyl sites for hydroxylation is 1. The summed E-state index contributed by atoms with van der Waals surface area (Å²) >= 11 is 1.66. The number of thioether (sulfide) groups is 1. The van der Waals surface area contributed by atoms with Gasteiger partial charge in [-0.3, -0.25) is 9.52 Å². The quantitative estimate of drug-likeness (QED) is 0.824. The van der Waals surface area contributed by atoms with Crippen molar-refractivity contribution in [1.29, 1.82) is 0 Å². The molecule has 27 heavy (non-hydrogen) atoms. The van der Waals surface area contributed by atoms with E-state index >= 15 is 0 Å². The van der Waals surface area contributed by atoms with E-state index in [-0.39, 0.29) is 16.7 Å². The van der Waals surface area contributed by atoms with Crippen molar-refractivity contribution >= 4 is 39.1 Å². The number of amides is 1. The van der Waals surface area contributed by atoms with Gasteiger partial charge in [0.25, 0.3) is 10.0 Å². The van der Waals surface area contributed by atoms with Gasteiger partial charge in [-0.2, -0.15) is 0 Å². The first kappa shape index (κ1) is 18.4. The molecule has 2 aromatic rings. The van der Waals surface area contributed by atoms with Crippen LogP contribution in [0.4, 0.5) is 11.4 Å². The van der Waals surface area contributed by atoms with Crippen molar-refractivity contribution in [3.8, 4) is 0 Å². The van der Waals surface area contributed by atoms with E-state index in [4.69, 9.17) is 0 Å². The van der Waals surface area contributed by atoms with Crippen molar-refractivity contribution in [2.45, 2.75) is 36.0 Å². The minimum atomic E-state index is -3.72. The number of nitrogens with one attached hydrogen (secondary N) is 1. The zero-order valence-electron chi connectivity index (χ0n) is 15.1. The average molecular weight is 403 g/mol. The highest BCUT2D eigenvalue weighted by molar-refractivity contribution is 7.99. The minimum Gasteiger partial charge on any atom is -0.310 e. The fourth-order valence-electron chi connectivity index (χ4n) is 3.17. The molecule has 0 aromatic heterocycles. The minimum absolute atomic E-state index is 0.108. The third kappa shape index (κ3) is 3.84. The SMILES string of the molecule is CCc1ccc(NS(=O)(=O)c2ccc3c(c2)N(C(=O)C2CC2)CCS3)cc1. The van der Waals surface area contributed by atoms with Crippen molar-refractivity contribution < 1.29 is 13.2 Å². The second-order valence-corrected chi connectivity index (χ2v) is 9.72. The molecular weight excluding hydrogens is 380 g/mol. The number of hydrogen-bond donors (Lipinski definition) is 1. The summed E-state index contributed by atoms with van der Waals surface area (Å²) in [4.78, 5) is 15.5. The molecule has 0 saturated heterocycles. The first-order chi connectivity index (χ1) is 13.0. The molecule has 1 fully saturated rings. The van der Waals surface area contributed by atoms with E-state index in [1.807, 2.05) is 12.1 Å². The summed E-state index contributed by atoms with van der Waals surface area (Å²) in [6.07, 6.45) is 2.77. The molecule has 4 rings (SSSR count). The number of carbonyl (C=O) groups is 1. The molecule has 2 aliphatic rings. The Labute approximate surface area is 164 Å². The van der Waals surface area contributed by atoms with Gasteiger partial charge in [0.15, 0.2) is 0 Å². The Morgan fingerprint density at radius 1 is 1.19 bits per heavy atom. The molecule has 0 atom stereocenters. The number of nitrogens with zero attached hydrogens (tertiary/aromatic N) is 1. The maximum Gasteiger partial charge on any atom is 0.261 e. The zero-order valence-corrected chi connectivity index (χ0v) is 16.8. The first-order valence-corrected chi connectivity index (χ1v) is 11.6. The molecule has 1 aliphatic carbocycles. The summed E-state index contributed by atoms with van der Waals surface area (Å²) in [5, 5.41) is 0. The lowest BCUT2D eigenvalue weighted by atomic mass is 10.2. The topological polar surface area (TPSA) is 66.5 Å². The van der Waals surface area contributed by atoms with E-state index in [2.05, 4.69) is 11.6 Å². The maximum atomic E-state index is 12.8. The van der Waals surface area contributed by atoms with Gasteiger partial charge < -0.3 is 4.90 Å². The maximum absolute atomic E-state index is 12.8. The largest absolute Gasteiger partial charge is 0.310 e. The van der Waals surface area contributed by atoms with Gasteiger partial charge in [-0.25, -0.2) is 8.42 Å². The lowest BCUT2D eigenvalue weighted by molar-refractivity contribution is -0.119. The fourth-order valence-corrected chi connectivity index (χ4v) is 5.22. The van der Waals surface area contributed by atoms with Crippen LogP contribution in [0.2, 0.25) is 0 Å². The standard InChI is InChI=1S/C20H22N2O3S2/c1-2-14-3-7-16(8-4-14)21-27(24,25)17-9-10-19-18(13-17)22(11-12-26-19)20(23)15-5-6-15/h3-4,7-10,13,15,21H,2,5-6,11-12H2,1H3. The van der Waals surface area contributed by atoms with Crippen LogP contribution in [-0.4, -0.2) is 26.6 Å². The molecule has 0 radical (unpaired) electrons. The summed E-state index contributed by atoms with van der Waals surface area (Å²) in [5.74, 6) is 1.06. The van der Waals surface area contributed by atoms with Crippen molar-refractivity contribution in [1.82, 2.24) is 0 Å². The highest BCUT2D eigenvalue weighted by Crippen LogP contribution is 2.40. The monoisotopic (exact) mass is 402 g/mol. The molecule has 1 aliphatic heterocycles. The highest BCUT2D eigenvalue weighted by Gasteiger charge is 2.36. The number of carbonyl (C=O) groups excluding carboxylic acids is 1. The van der Waals surface area contributed by atoms with Gasteiger partial charge in [0.2, 0.25) is 5.91 Å². The summed E-state index contributed by atoms with van der Waals surface area (Å²) in [5.41, 5.74) is 2.40. The van der Waals surface area contributed by atoms with Gasteiger partial charge >= 0.3 is 0 Å². The van der Waals surface area contributed by atoms with Crippen LogP contribution in [0.5, 0.6) is 0 Å². The number of sulfonamides is 1. The van der Waals surface area contributed by atoms with E-state index in [9.17, 15) is 13.2 Å². The van der Waals surface area contributed by atoms with Crippen LogP contribution in [0, 0.1) is 5.92 Å². The number of benzene rings is 2. The predicted molar refractivity (Wildman–Crippen MR) is 109 cm³/mol. The Kier molecular flexibility index (Phi) is 4.90. The van der Waals surface area contributed by atoms with E-state index in [1.54, 1.807) is 47.0 Å². The molecule has 7 heteroatoms. The molecule has 1 amide bonds. The number of hydrogen-bond acceptors (Lipinski definition) is 4. The summed E-state index contributed by atoms with van der Waals surface area (Å²) < 4.78 is 28.3. The second-order valence-electron chi connectivity index (χ2n) is 6.90. The van der Waals surface area contributed by atoms with Gasteiger partial charge in [-0.15, -0.1) is 11.8 Å². The summed E-state index contributed by atoms with van der Waals surface area (Å²) in [6.45, 7) is 2.68. The summed E-state index contributed by atoms with van der Waals surface area (Å²) in [7, 11) is -3.72. The van der Waals surface area contributed by atoms with Crippen LogP contribution in [0.1, 0.15) is 25.3 Å². The molecular formula is C20H22N2O3S2. The molecule has 1 saturated carbocycles. The van der Waals surface area contributed by atoms with Crippen molar-refractivity contribution in [2.24, 2.45) is 5.92 Å². The molecule has 0 bridgehead atoms. The number of anilines is 2. The summed E-state index contributed by atoms with van der Waals surface area (Å²) in [6, 6.07) is 12.4. The molecule has 0 unspecified atom stereocenters. The molecule has 1 N–H and O–H groups in total. The molecule has 0 spiro atoms. The Morgan fingerprint density at radius 2 is 1.93 bits per heavy atom. The van der Waals surface area contributed by atoms with Crippen LogP contribution in [0.15, 0.2) is 52.3 Å². The van der Waals surface area contributed by atoms with Gasteiger partial charge in [0, 0.05) is 28.8 Å². The Balaban J connectivity index is 1.62. The first-order valence-electron chi connectivity index (χ1n) is 9.18. The zero-order chi connectivity index (χ0) is 19.0. The van der Waals surface area contributed by atoms with Crippen LogP contribution in [0.3, 0.4) is 0 Å². The van der Waals surface area contributed by atoms with E-state index in [1.165, 1.54) is 0 Å². The highest BCUT2D eigenvalue weighted by atomic mass is 32.2. The normalized spacial score (nSPS) is 16.7. The molecule has 1 heterocycles. The lowest BCUT2D eigenvalue weighted by Gasteiger charge is -2.29. The number of rotatable bonds is 5. The van der Waals surface area contributed by atoms with E-state index < -0.39 is 10.0 Å². The van der Waals surface area contributed by atoms with Crippen molar-refractivity contribution in [3.05, 3.63) is 48.0 Å². The van der Waals surface area contributed by atoms with Gasteiger partial charge in [0.05, 0.1) is 10.6 Å². The Hall–Kier alpha value is -1.99. The van der Waals surface area contributed by atoms with Gasteiger partial charge in [-0.1, -0.05) is 19.1 Å². The molecule has 2 aromatic carbocycles. The third-order valence-electron chi connectivity index (χ3n) is 4.91. The number of fused-ring (bicyclic) bond motifs is 1. The van der Waals surface area contributed by atoms with Crippen LogP contribution < -0.4 is 9.62 Å². The van der Waals surface area contributed by atoms with Gasteiger partial charge in [0.1, 0.15) is 0 Å². The van der Waals surface area contributed by atoms with E-state index in [0.717, 1.165) is 35.5 Å².